The maximum Gasteiger partial charge on any atom is 0.214 e. The number of phenolic OH excluding ortho intramolecular Hbond substituents is 1. The third kappa shape index (κ3) is 10.1. The van der Waals surface area contributed by atoms with Crippen LogP contribution in [-0.2, 0) is 21.7 Å². The minimum atomic E-state index is -0.363. The molecule has 2 heterocycles. The van der Waals surface area contributed by atoms with Gasteiger partial charge in [-0.2, -0.15) is 0 Å². The second kappa shape index (κ2) is 20.0. The summed E-state index contributed by atoms with van der Waals surface area (Å²) in [5.41, 5.74) is 19.9. The van der Waals surface area contributed by atoms with Crippen molar-refractivity contribution in [2.24, 2.45) is 0 Å². The van der Waals surface area contributed by atoms with E-state index < -0.39 is 0 Å². The van der Waals surface area contributed by atoms with Crippen molar-refractivity contribution in [1.29, 1.82) is 0 Å². The summed E-state index contributed by atoms with van der Waals surface area (Å²) in [6, 6.07) is 56.6. The third-order valence-corrected chi connectivity index (χ3v) is 15.8. The number of para-hydroxylation sites is 2. The molecule has 6 nitrogen and oxygen atoms in total. The molecule has 8 aromatic carbocycles. The van der Waals surface area contributed by atoms with Gasteiger partial charge < -0.3 is 5.11 Å². The van der Waals surface area contributed by atoms with Gasteiger partial charge in [-0.25, -0.2) is 14.8 Å². The Bertz CT molecular complexity index is 3970. The number of aromatic nitrogens is 4. The highest BCUT2D eigenvalue weighted by Crippen LogP contribution is 2.48. The topological polar surface area (TPSA) is 60.2 Å². The Morgan fingerprint density at radius 1 is 0.430 bits per heavy atom. The van der Waals surface area contributed by atoms with Gasteiger partial charge in [-0.15, -0.1) is 0 Å². The van der Waals surface area contributed by atoms with Gasteiger partial charge in [0.05, 0.1) is 45.6 Å². The summed E-state index contributed by atoms with van der Waals surface area (Å²) >= 11 is 0. The van der Waals surface area contributed by atoms with E-state index in [0.717, 1.165) is 78.3 Å². The molecule has 10 aromatic rings. The SMILES string of the molecule is [C-]#[N+]c1cccc2c1nc(-c1cc(-c3cccc4c3nc(-c3cc(C(C)(C)C)cc(C(C)(C)C)c3O)n4-c3c(C(C)C)cc(-c4ccccc4)cc3C(C)C)cc(C(C)(C)C)c1)n2-c1ccc(C(C)(C)C)cc1-c1ccccc1. The molecular formula is C73H77N5O. The molecule has 2 aromatic heterocycles. The molecule has 0 amide bonds. The zero-order valence-corrected chi connectivity index (χ0v) is 49.3. The van der Waals surface area contributed by atoms with E-state index in [2.05, 4.69) is 270 Å². The number of aromatic hydroxyl groups is 1. The Hall–Kier alpha value is -8.01. The van der Waals surface area contributed by atoms with Crippen molar-refractivity contribution >= 4 is 27.8 Å². The summed E-state index contributed by atoms with van der Waals surface area (Å²) in [5, 5.41) is 12.9. The summed E-state index contributed by atoms with van der Waals surface area (Å²) in [6.45, 7) is 44.3. The number of hydrogen-bond acceptors (Lipinski definition) is 3. The van der Waals surface area contributed by atoms with Crippen LogP contribution in [0.5, 0.6) is 5.75 Å². The number of hydrogen-bond donors (Lipinski definition) is 1. The highest BCUT2D eigenvalue weighted by Gasteiger charge is 2.32. The maximum atomic E-state index is 12.9. The summed E-state index contributed by atoms with van der Waals surface area (Å²) in [6.07, 6.45) is 0. The highest BCUT2D eigenvalue weighted by atomic mass is 16.3. The minimum Gasteiger partial charge on any atom is -0.507 e. The van der Waals surface area contributed by atoms with E-state index in [1.165, 1.54) is 27.8 Å². The predicted molar refractivity (Wildman–Crippen MR) is 334 cm³/mol. The fraction of sp³-hybridized carbons (Fsp3) is 0.301. The lowest BCUT2D eigenvalue weighted by atomic mass is 9.78. The quantitative estimate of drug-likeness (QED) is 0.147. The maximum absolute atomic E-state index is 12.9. The van der Waals surface area contributed by atoms with Gasteiger partial charge >= 0.3 is 0 Å². The van der Waals surface area contributed by atoms with Crippen LogP contribution in [0.2, 0.25) is 0 Å². The van der Waals surface area contributed by atoms with Crippen molar-refractivity contribution in [3.63, 3.8) is 0 Å². The van der Waals surface area contributed by atoms with Gasteiger partial charge in [0, 0.05) is 22.3 Å². The van der Waals surface area contributed by atoms with Crippen molar-refractivity contribution in [2.45, 2.75) is 144 Å². The molecule has 0 aliphatic heterocycles. The van der Waals surface area contributed by atoms with Crippen molar-refractivity contribution in [3.8, 4) is 73.3 Å². The molecular weight excluding hydrogens is 963 g/mol. The van der Waals surface area contributed by atoms with Crippen LogP contribution < -0.4 is 0 Å². The normalized spacial score (nSPS) is 12.6. The molecule has 0 spiro atoms. The summed E-state index contributed by atoms with van der Waals surface area (Å²) < 4.78 is 4.65. The van der Waals surface area contributed by atoms with Crippen LogP contribution in [0, 0.1) is 6.57 Å². The van der Waals surface area contributed by atoms with Crippen LogP contribution in [0.3, 0.4) is 0 Å². The molecule has 0 unspecified atom stereocenters. The fourth-order valence-electron chi connectivity index (χ4n) is 11.2. The number of benzene rings is 8. The number of rotatable bonds is 9. The average molecular weight is 1040 g/mol. The van der Waals surface area contributed by atoms with E-state index >= 15 is 0 Å². The predicted octanol–water partition coefficient (Wildman–Crippen LogP) is 20.4. The Kier molecular flexibility index (Phi) is 13.8. The van der Waals surface area contributed by atoms with E-state index in [1.807, 2.05) is 12.1 Å². The second-order valence-corrected chi connectivity index (χ2v) is 26.5. The smallest absolute Gasteiger partial charge is 0.214 e. The van der Waals surface area contributed by atoms with E-state index in [-0.39, 0.29) is 39.2 Å². The van der Waals surface area contributed by atoms with E-state index in [0.29, 0.717) is 22.6 Å². The first kappa shape index (κ1) is 54.3. The standard InChI is InChI=1S/C73H77N5O/c1-44(2)55-39-48(46-26-20-18-21-27-46)40-56(45(3)4)66(55)78-62-32-24-30-54(64(62)75-69(78)58-42-53(72(11,12)13)43-59(67(58)79)73(14,15)16)49-36-50(38-52(37-49)71(8,9)10)68-76-65-60(74-17)31-25-33-63(65)77(68)61-35-34-51(70(5,6)7)41-57(61)47-28-22-19-23-29-47/h18-45,79H,1-16H3. The molecule has 0 aliphatic rings. The van der Waals surface area contributed by atoms with Gasteiger partial charge in [-0.05, 0) is 138 Å². The summed E-state index contributed by atoms with van der Waals surface area (Å²) in [4.78, 5) is 15.4. The van der Waals surface area contributed by atoms with Crippen LogP contribution in [-0.4, -0.2) is 24.2 Å². The molecule has 0 bridgehead atoms. The van der Waals surface area contributed by atoms with Crippen LogP contribution >= 0.6 is 0 Å². The highest BCUT2D eigenvalue weighted by molar-refractivity contribution is 5.99. The van der Waals surface area contributed by atoms with Gasteiger partial charge in [0.25, 0.3) is 0 Å². The van der Waals surface area contributed by atoms with E-state index in [1.54, 1.807) is 0 Å². The molecule has 79 heavy (non-hydrogen) atoms. The van der Waals surface area contributed by atoms with Crippen molar-refractivity contribution in [3.05, 3.63) is 203 Å². The molecule has 10 rings (SSSR count). The van der Waals surface area contributed by atoms with Crippen molar-refractivity contribution in [1.82, 2.24) is 19.1 Å². The molecule has 0 saturated heterocycles. The zero-order valence-electron chi connectivity index (χ0n) is 49.3. The molecule has 1 N–H and O–H groups in total. The minimum absolute atomic E-state index is 0.0929. The molecule has 6 heteroatoms. The number of imidazole rings is 2. The molecule has 0 fully saturated rings. The van der Waals surface area contributed by atoms with E-state index in [4.69, 9.17) is 16.5 Å². The first-order valence-corrected chi connectivity index (χ1v) is 28.1. The lowest BCUT2D eigenvalue weighted by Gasteiger charge is -2.28. The van der Waals surface area contributed by atoms with Gasteiger partial charge in [-0.1, -0.05) is 214 Å². The Labute approximate surface area is 469 Å². The van der Waals surface area contributed by atoms with Crippen molar-refractivity contribution < 1.29 is 5.11 Å². The number of phenols is 1. The monoisotopic (exact) mass is 1040 g/mol. The second-order valence-electron chi connectivity index (χ2n) is 26.5. The van der Waals surface area contributed by atoms with E-state index in [9.17, 15) is 5.11 Å². The lowest BCUT2D eigenvalue weighted by molar-refractivity contribution is 0.446. The molecule has 0 atom stereocenters. The van der Waals surface area contributed by atoms with Gasteiger partial charge in [0.15, 0.2) is 0 Å². The Balaban J connectivity index is 1.33. The first-order chi connectivity index (χ1) is 37.2. The van der Waals surface area contributed by atoms with Gasteiger partial charge in [0.1, 0.15) is 17.4 Å². The van der Waals surface area contributed by atoms with Gasteiger partial charge in [-0.3, -0.25) is 9.13 Å². The largest absolute Gasteiger partial charge is 0.507 e. The number of fused-ring (bicyclic) bond motifs is 2. The number of nitrogens with zero attached hydrogens (tertiary/aromatic N) is 5. The molecule has 0 saturated carbocycles. The third-order valence-electron chi connectivity index (χ3n) is 15.8. The van der Waals surface area contributed by atoms with Crippen LogP contribution in [0.15, 0.2) is 158 Å². The summed E-state index contributed by atoms with van der Waals surface area (Å²) in [7, 11) is 0. The van der Waals surface area contributed by atoms with Crippen molar-refractivity contribution in [2.75, 3.05) is 0 Å². The first-order valence-electron chi connectivity index (χ1n) is 28.1. The van der Waals surface area contributed by atoms with Crippen LogP contribution in [0.1, 0.15) is 156 Å². The fourth-order valence-corrected chi connectivity index (χ4v) is 11.2. The Morgan fingerprint density at radius 2 is 0.962 bits per heavy atom. The van der Waals surface area contributed by atoms with Crippen LogP contribution in [0.25, 0.3) is 94.4 Å². The average Bonchev–Trinajstić information content (AvgIpc) is 4.25. The summed E-state index contributed by atoms with van der Waals surface area (Å²) in [5.74, 6) is 1.98. The lowest BCUT2D eigenvalue weighted by Crippen LogP contribution is -2.17. The van der Waals surface area contributed by atoms with Crippen LogP contribution in [0.4, 0.5) is 5.69 Å². The zero-order chi connectivity index (χ0) is 56.7. The molecule has 0 radical (unpaired) electrons. The molecule has 0 aliphatic carbocycles. The Morgan fingerprint density at radius 3 is 1.53 bits per heavy atom. The van der Waals surface area contributed by atoms with Gasteiger partial charge in [0.2, 0.25) is 5.69 Å². The molecule has 400 valence electrons.